The summed E-state index contributed by atoms with van der Waals surface area (Å²) in [4.78, 5) is 24.5. The van der Waals surface area contributed by atoms with Crippen LogP contribution in [0.2, 0.25) is 0 Å². The molecule has 138 valence electrons. The number of nitrogens with one attached hydrogen (secondary N) is 1. The predicted octanol–water partition coefficient (Wildman–Crippen LogP) is 1.90. The number of hydrogen-bond donors (Lipinski definition) is 1. The molecule has 0 saturated heterocycles. The number of anilines is 1. The minimum absolute atomic E-state index is 0.0406. The third-order valence-corrected chi connectivity index (χ3v) is 6.49. The second kappa shape index (κ2) is 6.17. The molecule has 0 aliphatic rings. The van der Waals surface area contributed by atoms with Gasteiger partial charge in [-0.15, -0.1) is 0 Å². The Morgan fingerprint density at radius 2 is 1.77 bits per heavy atom. The highest BCUT2D eigenvalue weighted by Gasteiger charge is 2.26. The van der Waals surface area contributed by atoms with Gasteiger partial charge in [-0.3, -0.25) is 13.9 Å². The van der Waals surface area contributed by atoms with Crippen molar-refractivity contribution >= 4 is 32.5 Å². The Kier molecular flexibility index (Phi) is 4.27. The van der Waals surface area contributed by atoms with E-state index in [1.165, 1.54) is 33.6 Å². The zero-order chi connectivity index (χ0) is 19.2. The highest BCUT2D eigenvalue weighted by atomic mass is 32.2. The summed E-state index contributed by atoms with van der Waals surface area (Å²) in [5, 5.41) is 1.89. The largest absolute Gasteiger partial charge is 0.459 e. The monoisotopic (exact) mass is 377 g/mol. The average molecular weight is 377 g/mol. The van der Waals surface area contributed by atoms with Gasteiger partial charge in [-0.25, -0.2) is 13.2 Å². The minimum atomic E-state index is -3.70. The molecule has 0 fully saturated rings. The number of aromatic nitrogens is 2. The van der Waals surface area contributed by atoms with Crippen LogP contribution < -0.4 is 11.0 Å². The van der Waals surface area contributed by atoms with E-state index in [-0.39, 0.29) is 22.0 Å². The lowest BCUT2D eigenvalue weighted by Crippen LogP contribution is -2.19. The van der Waals surface area contributed by atoms with Gasteiger partial charge in [0.2, 0.25) is 0 Å². The number of amides is 1. The molecule has 0 aliphatic heterocycles. The molecule has 0 spiro atoms. The molecule has 2 heterocycles. The summed E-state index contributed by atoms with van der Waals surface area (Å²) >= 11 is 0. The van der Waals surface area contributed by atoms with Gasteiger partial charge in [-0.1, -0.05) is 0 Å². The molecule has 0 unspecified atom stereocenters. The van der Waals surface area contributed by atoms with Crippen LogP contribution in [-0.4, -0.2) is 28.7 Å². The molecule has 26 heavy (non-hydrogen) atoms. The minimum Gasteiger partial charge on any atom is -0.459 e. The second-order valence-corrected chi connectivity index (χ2v) is 8.74. The van der Waals surface area contributed by atoms with Crippen LogP contribution in [0.1, 0.15) is 24.4 Å². The molecule has 3 aromatic rings. The fourth-order valence-electron chi connectivity index (χ4n) is 2.70. The van der Waals surface area contributed by atoms with Crippen LogP contribution in [0.5, 0.6) is 0 Å². The van der Waals surface area contributed by atoms with E-state index in [1.807, 2.05) is 0 Å². The van der Waals surface area contributed by atoms with Crippen LogP contribution >= 0.6 is 0 Å². The van der Waals surface area contributed by atoms with Crippen LogP contribution in [0, 0.1) is 0 Å². The molecule has 0 aliphatic carbocycles. The quantitative estimate of drug-likeness (QED) is 0.748. The predicted molar refractivity (Wildman–Crippen MR) is 97.1 cm³/mol. The van der Waals surface area contributed by atoms with Gasteiger partial charge in [0, 0.05) is 14.1 Å². The number of benzene rings is 1. The summed E-state index contributed by atoms with van der Waals surface area (Å²) in [6, 6.07) is 5.95. The van der Waals surface area contributed by atoms with Crippen molar-refractivity contribution in [3.63, 3.8) is 0 Å². The molecule has 9 heteroatoms. The molecule has 2 aromatic heterocycles. The van der Waals surface area contributed by atoms with Crippen molar-refractivity contribution < 1.29 is 17.6 Å². The van der Waals surface area contributed by atoms with Gasteiger partial charge in [-0.2, -0.15) is 0 Å². The Morgan fingerprint density at radius 3 is 2.31 bits per heavy atom. The van der Waals surface area contributed by atoms with Crippen molar-refractivity contribution in [3.05, 3.63) is 46.8 Å². The van der Waals surface area contributed by atoms with E-state index in [0.29, 0.717) is 11.0 Å². The molecule has 8 nitrogen and oxygen atoms in total. The van der Waals surface area contributed by atoms with Crippen LogP contribution in [0.3, 0.4) is 0 Å². The molecule has 0 radical (unpaired) electrons. The first-order valence-corrected chi connectivity index (χ1v) is 9.47. The molecule has 1 aromatic carbocycles. The molecule has 0 atom stereocenters. The first-order valence-electron chi connectivity index (χ1n) is 7.92. The first kappa shape index (κ1) is 18.0. The van der Waals surface area contributed by atoms with E-state index < -0.39 is 21.0 Å². The summed E-state index contributed by atoms with van der Waals surface area (Å²) in [6.07, 6.45) is 1.35. The third-order valence-electron chi connectivity index (χ3n) is 4.29. The molecular formula is C17H19N3O5S. The summed E-state index contributed by atoms with van der Waals surface area (Å²) in [5.41, 5.74) is 0.791. The van der Waals surface area contributed by atoms with Crippen LogP contribution in [-0.2, 0) is 23.9 Å². The van der Waals surface area contributed by atoms with E-state index in [2.05, 4.69) is 5.32 Å². The highest BCUT2D eigenvalue weighted by Crippen LogP contribution is 2.30. The van der Waals surface area contributed by atoms with E-state index >= 15 is 0 Å². The number of aryl methyl sites for hydroxylation is 2. The molecule has 1 N–H and O–H groups in total. The Hall–Kier alpha value is -2.81. The number of rotatable bonds is 4. The molecule has 3 rings (SSSR count). The average Bonchev–Trinajstić information content (AvgIpc) is 3.19. The number of carbonyl (C=O) groups is 1. The van der Waals surface area contributed by atoms with E-state index in [0.717, 1.165) is 0 Å². The van der Waals surface area contributed by atoms with Crippen molar-refractivity contribution in [3.8, 4) is 0 Å². The zero-order valence-corrected chi connectivity index (χ0v) is 15.6. The van der Waals surface area contributed by atoms with Crippen molar-refractivity contribution in [2.24, 2.45) is 14.1 Å². The van der Waals surface area contributed by atoms with Gasteiger partial charge in [-0.05, 0) is 38.1 Å². The van der Waals surface area contributed by atoms with Gasteiger partial charge in [0.15, 0.2) is 15.6 Å². The Bertz CT molecular complexity index is 1150. The van der Waals surface area contributed by atoms with E-state index in [1.54, 1.807) is 34.0 Å². The number of furan rings is 1. The topological polar surface area (TPSA) is 103 Å². The Labute approximate surface area is 150 Å². The Morgan fingerprint density at radius 1 is 1.15 bits per heavy atom. The first-order chi connectivity index (χ1) is 12.1. The maximum atomic E-state index is 12.8. The number of nitrogens with zero attached hydrogens (tertiary/aromatic N) is 2. The van der Waals surface area contributed by atoms with Gasteiger partial charge >= 0.3 is 5.69 Å². The summed E-state index contributed by atoms with van der Waals surface area (Å²) < 4.78 is 33.4. The lowest BCUT2D eigenvalue weighted by atomic mass is 10.2. The third kappa shape index (κ3) is 2.74. The fraction of sp³-hybridized carbons (Fsp3) is 0.294. The maximum absolute atomic E-state index is 12.8. The lowest BCUT2D eigenvalue weighted by Gasteiger charge is -2.14. The Balaban J connectivity index is 2.26. The van der Waals surface area contributed by atoms with Crippen LogP contribution in [0.4, 0.5) is 5.69 Å². The summed E-state index contributed by atoms with van der Waals surface area (Å²) in [6.45, 7) is 3.11. The van der Waals surface area contributed by atoms with Gasteiger partial charge in [0.05, 0.1) is 33.1 Å². The highest BCUT2D eigenvalue weighted by molar-refractivity contribution is 7.92. The van der Waals surface area contributed by atoms with Crippen molar-refractivity contribution in [1.82, 2.24) is 9.13 Å². The second-order valence-electron chi connectivity index (χ2n) is 6.26. The van der Waals surface area contributed by atoms with Crippen LogP contribution in [0.25, 0.3) is 11.0 Å². The molecular weight excluding hydrogens is 358 g/mol. The van der Waals surface area contributed by atoms with E-state index in [9.17, 15) is 18.0 Å². The van der Waals surface area contributed by atoms with Gasteiger partial charge < -0.3 is 9.73 Å². The zero-order valence-electron chi connectivity index (χ0n) is 14.8. The van der Waals surface area contributed by atoms with Gasteiger partial charge in [0.1, 0.15) is 0 Å². The fourth-order valence-corrected chi connectivity index (χ4v) is 3.90. The summed E-state index contributed by atoms with van der Waals surface area (Å²) in [5.74, 6) is -0.518. The van der Waals surface area contributed by atoms with Gasteiger partial charge in [0.25, 0.3) is 5.91 Å². The SMILES string of the molecule is CC(C)S(=O)(=O)c1cc2c(cc1NC(=O)c1ccco1)n(C)c(=O)n2C. The standard InChI is InChI=1S/C17H19N3O5S/c1-10(2)26(23,24)15-9-13-12(19(3)17(22)20(13)4)8-11(15)18-16(21)14-6-5-7-25-14/h5-10H,1-4H3,(H,18,21). The lowest BCUT2D eigenvalue weighted by molar-refractivity contribution is 0.0996. The number of imidazole rings is 1. The van der Waals surface area contributed by atoms with E-state index in [4.69, 9.17) is 4.42 Å². The molecule has 0 saturated carbocycles. The smallest absolute Gasteiger partial charge is 0.328 e. The molecule has 1 amide bonds. The maximum Gasteiger partial charge on any atom is 0.328 e. The number of carbonyl (C=O) groups excluding carboxylic acids is 1. The van der Waals surface area contributed by atoms with Crippen LogP contribution in [0.15, 0.2) is 44.6 Å². The van der Waals surface area contributed by atoms with Crippen molar-refractivity contribution in [1.29, 1.82) is 0 Å². The summed E-state index contributed by atoms with van der Waals surface area (Å²) in [7, 11) is -0.554. The normalized spacial score (nSPS) is 12.0. The number of hydrogen-bond acceptors (Lipinski definition) is 5. The van der Waals surface area contributed by atoms with Crippen molar-refractivity contribution in [2.75, 3.05) is 5.32 Å². The number of fused-ring (bicyclic) bond motifs is 1. The van der Waals surface area contributed by atoms with Crippen molar-refractivity contribution in [2.45, 2.75) is 24.0 Å². The molecule has 0 bridgehead atoms. The number of sulfone groups is 1.